The Bertz CT molecular complexity index is 1050. The number of nitrogens with zero attached hydrogens (tertiary/aromatic N) is 3. The van der Waals surface area contributed by atoms with Crippen LogP contribution in [0.15, 0.2) is 64.3 Å². The molecule has 7 nitrogen and oxygen atoms in total. The fraction of sp³-hybridized carbons (Fsp3) is 0.304. The minimum absolute atomic E-state index is 0.0128. The lowest BCUT2D eigenvalue weighted by Gasteiger charge is -2.31. The molecule has 3 aromatic rings. The molecule has 1 aliphatic heterocycles. The monoisotopic (exact) mass is 436 g/mol. The molecule has 31 heavy (non-hydrogen) atoms. The van der Waals surface area contributed by atoms with Crippen LogP contribution in [-0.4, -0.2) is 39.9 Å². The van der Waals surface area contributed by atoms with Gasteiger partial charge in [-0.2, -0.15) is 0 Å². The Hall–Kier alpha value is -3.13. The Balaban J connectivity index is 1.35. The average Bonchev–Trinajstić information content (AvgIpc) is 3.23. The number of aryl methyl sites for hydroxylation is 1. The molecule has 160 valence electrons. The van der Waals surface area contributed by atoms with Crippen molar-refractivity contribution in [1.29, 1.82) is 0 Å². The first-order valence-electron chi connectivity index (χ1n) is 10.3. The molecule has 0 saturated carbocycles. The summed E-state index contributed by atoms with van der Waals surface area (Å²) in [6, 6.07) is 14.9. The minimum Gasteiger partial charge on any atom is -0.361 e. The zero-order chi connectivity index (χ0) is 21.6. The number of anilines is 1. The number of rotatable bonds is 6. The SMILES string of the molecule is Cc1cc(CSc2ncccc2C(=O)N2CCC(C(=O)Nc3ccccc3)CC2)no1. The smallest absolute Gasteiger partial charge is 0.256 e. The number of likely N-dealkylation sites (tertiary alicyclic amines) is 1. The number of benzene rings is 1. The molecule has 1 N–H and O–H groups in total. The molecule has 2 amide bonds. The molecule has 1 aliphatic rings. The van der Waals surface area contributed by atoms with Gasteiger partial charge >= 0.3 is 0 Å². The number of carbonyl (C=O) groups is 2. The summed E-state index contributed by atoms with van der Waals surface area (Å²) in [6.45, 7) is 2.95. The molecule has 1 saturated heterocycles. The van der Waals surface area contributed by atoms with Gasteiger partial charge in [-0.05, 0) is 44.0 Å². The Morgan fingerprint density at radius 3 is 2.65 bits per heavy atom. The number of para-hydroxylation sites is 1. The van der Waals surface area contributed by atoms with Gasteiger partial charge in [-0.1, -0.05) is 35.1 Å². The molecule has 0 atom stereocenters. The van der Waals surface area contributed by atoms with Crippen LogP contribution in [0.1, 0.15) is 34.7 Å². The summed E-state index contributed by atoms with van der Waals surface area (Å²) in [5, 5.41) is 7.63. The number of hydrogen-bond acceptors (Lipinski definition) is 6. The van der Waals surface area contributed by atoms with Gasteiger partial charge in [0.1, 0.15) is 10.8 Å². The number of carbonyl (C=O) groups excluding carboxylic acids is 2. The van der Waals surface area contributed by atoms with Crippen LogP contribution in [0.4, 0.5) is 5.69 Å². The third-order valence-corrected chi connectivity index (χ3v) is 6.27. The van der Waals surface area contributed by atoms with Gasteiger partial charge < -0.3 is 14.7 Å². The van der Waals surface area contributed by atoms with Crippen LogP contribution in [-0.2, 0) is 10.5 Å². The molecule has 0 spiro atoms. The number of aromatic nitrogens is 2. The largest absolute Gasteiger partial charge is 0.361 e. The minimum atomic E-state index is -0.0950. The standard InChI is InChI=1S/C23H24N4O3S/c1-16-14-19(26-30-16)15-31-22-20(8-5-11-24-22)23(29)27-12-9-17(10-13-27)21(28)25-18-6-3-2-4-7-18/h2-8,11,14,17H,9-10,12-13,15H2,1H3,(H,25,28). The van der Waals surface area contributed by atoms with E-state index in [0.29, 0.717) is 42.3 Å². The summed E-state index contributed by atoms with van der Waals surface area (Å²) in [7, 11) is 0. The number of pyridine rings is 1. The molecule has 8 heteroatoms. The van der Waals surface area contributed by atoms with Gasteiger partial charge in [0.15, 0.2) is 0 Å². The Morgan fingerprint density at radius 1 is 1.16 bits per heavy atom. The molecule has 1 aromatic carbocycles. The van der Waals surface area contributed by atoms with Crippen LogP contribution >= 0.6 is 11.8 Å². The highest BCUT2D eigenvalue weighted by molar-refractivity contribution is 7.98. The molecule has 2 aromatic heterocycles. The quantitative estimate of drug-likeness (QED) is 0.584. The van der Waals surface area contributed by atoms with Gasteiger partial charge in [0.25, 0.3) is 5.91 Å². The van der Waals surface area contributed by atoms with Crippen molar-refractivity contribution < 1.29 is 14.1 Å². The van der Waals surface area contributed by atoms with Gasteiger partial charge in [-0.15, -0.1) is 0 Å². The van der Waals surface area contributed by atoms with Gasteiger partial charge in [0.05, 0.1) is 11.3 Å². The molecule has 0 unspecified atom stereocenters. The van der Waals surface area contributed by atoms with Crippen molar-refractivity contribution in [2.24, 2.45) is 5.92 Å². The molecule has 4 rings (SSSR count). The first kappa shape index (κ1) is 21.1. The van der Waals surface area contributed by atoms with Gasteiger partial charge in [-0.3, -0.25) is 9.59 Å². The van der Waals surface area contributed by atoms with E-state index < -0.39 is 0 Å². The van der Waals surface area contributed by atoms with Gasteiger partial charge in [0, 0.05) is 42.7 Å². The summed E-state index contributed by atoms with van der Waals surface area (Å²) in [6.07, 6.45) is 2.98. The maximum absolute atomic E-state index is 13.1. The van der Waals surface area contributed by atoms with Crippen LogP contribution in [0.2, 0.25) is 0 Å². The predicted octanol–water partition coefficient (Wildman–Crippen LogP) is 4.16. The van der Waals surface area contributed by atoms with E-state index >= 15 is 0 Å². The van der Waals surface area contributed by atoms with Crippen LogP contribution < -0.4 is 5.32 Å². The zero-order valence-electron chi connectivity index (χ0n) is 17.3. The van der Waals surface area contributed by atoms with E-state index in [9.17, 15) is 9.59 Å². The normalized spacial score (nSPS) is 14.4. The van der Waals surface area contributed by atoms with Crippen LogP contribution in [0, 0.1) is 12.8 Å². The molecule has 1 fully saturated rings. The highest BCUT2D eigenvalue weighted by atomic mass is 32.2. The summed E-state index contributed by atoms with van der Waals surface area (Å²) >= 11 is 1.47. The zero-order valence-corrected chi connectivity index (χ0v) is 18.1. The van der Waals surface area contributed by atoms with Crippen molar-refractivity contribution in [3.63, 3.8) is 0 Å². The molecule has 0 radical (unpaired) electrons. The predicted molar refractivity (Wildman–Crippen MR) is 119 cm³/mol. The van der Waals surface area contributed by atoms with Crippen molar-refractivity contribution in [2.45, 2.75) is 30.5 Å². The lowest BCUT2D eigenvalue weighted by Crippen LogP contribution is -2.41. The average molecular weight is 437 g/mol. The fourth-order valence-electron chi connectivity index (χ4n) is 3.58. The van der Waals surface area contributed by atoms with Crippen molar-refractivity contribution in [2.75, 3.05) is 18.4 Å². The Morgan fingerprint density at radius 2 is 1.94 bits per heavy atom. The lowest BCUT2D eigenvalue weighted by atomic mass is 9.95. The van der Waals surface area contributed by atoms with Crippen molar-refractivity contribution >= 4 is 29.3 Å². The van der Waals surface area contributed by atoms with Crippen molar-refractivity contribution in [3.05, 3.63) is 71.7 Å². The van der Waals surface area contributed by atoms with Crippen LogP contribution in [0.25, 0.3) is 0 Å². The summed E-state index contributed by atoms with van der Waals surface area (Å²) in [5.74, 6) is 1.21. The lowest BCUT2D eigenvalue weighted by molar-refractivity contribution is -0.121. The number of thioether (sulfide) groups is 1. The third-order valence-electron chi connectivity index (χ3n) is 5.23. The van der Waals surface area contributed by atoms with Crippen LogP contribution in [0.3, 0.4) is 0 Å². The van der Waals surface area contributed by atoms with Gasteiger partial charge in [0.2, 0.25) is 5.91 Å². The molecular formula is C23H24N4O3S. The van der Waals surface area contributed by atoms with E-state index in [1.165, 1.54) is 11.8 Å². The molecule has 3 heterocycles. The van der Waals surface area contributed by atoms with E-state index in [4.69, 9.17) is 4.52 Å². The number of hydrogen-bond donors (Lipinski definition) is 1. The van der Waals surface area contributed by atoms with Crippen molar-refractivity contribution in [1.82, 2.24) is 15.0 Å². The molecular weight excluding hydrogens is 412 g/mol. The van der Waals surface area contributed by atoms with E-state index in [-0.39, 0.29) is 17.7 Å². The van der Waals surface area contributed by atoms with E-state index in [1.54, 1.807) is 18.3 Å². The Labute approximate surface area is 185 Å². The second-order valence-electron chi connectivity index (χ2n) is 7.50. The first-order valence-corrected chi connectivity index (χ1v) is 11.2. The van der Waals surface area contributed by atoms with E-state index in [2.05, 4.69) is 15.5 Å². The summed E-state index contributed by atoms with van der Waals surface area (Å²) in [4.78, 5) is 31.9. The number of nitrogens with one attached hydrogen (secondary N) is 1. The topological polar surface area (TPSA) is 88.3 Å². The number of piperidine rings is 1. The Kier molecular flexibility index (Phi) is 6.66. The summed E-state index contributed by atoms with van der Waals surface area (Å²) in [5.41, 5.74) is 2.20. The van der Waals surface area contributed by atoms with Gasteiger partial charge in [-0.25, -0.2) is 4.98 Å². The van der Waals surface area contributed by atoms with E-state index in [1.807, 2.05) is 48.2 Å². The maximum atomic E-state index is 13.1. The first-order chi connectivity index (χ1) is 15.1. The summed E-state index contributed by atoms with van der Waals surface area (Å²) < 4.78 is 5.10. The highest BCUT2D eigenvalue weighted by Gasteiger charge is 2.29. The molecule has 0 bridgehead atoms. The fourth-order valence-corrected chi connectivity index (χ4v) is 4.44. The van der Waals surface area contributed by atoms with Crippen LogP contribution in [0.5, 0.6) is 0 Å². The van der Waals surface area contributed by atoms with Crippen molar-refractivity contribution in [3.8, 4) is 0 Å². The molecule has 0 aliphatic carbocycles. The number of amides is 2. The third kappa shape index (κ3) is 5.32. The highest BCUT2D eigenvalue weighted by Crippen LogP contribution is 2.27. The van der Waals surface area contributed by atoms with E-state index in [0.717, 1.165) is 17.1 Å². The second kappa shape index (κ2) is 9.78. The maximum Gasteiger partial charge on any atom is 0.256 e. The second-order valence-corrected chi connectivity index (χ2v) is 8.46.